The molecule has 1 saturated heterocycles. The molecule has 0 spiro atoms. The molecule has 2 atom stereocenters. The first-order valence-corrected chi connectivity index (χ1v) is 7.96. The van der Waals surface area contributed by atoms with Crippen LogP contribution in [0.15, 0.2) is 24.3 Å². The highest BCUT2D eigenvalue weighted by Crippen LogP contribution is 2.25. The van der Waals surface area contributed by atoms with Crippen LogP contribution in [0.1, 0.15) is 38.7 Å². The standard InChI is InChI=1S/C17H26N2O2/c1-3-9-18-12-13-6-5-7-14(11-13)19-17(20)15-8-10-21-16(15)4-2/h5-7,11,15-16,18H,3-4,8-10,12H2,1-2H3,(H,19,20). The molecule has 1 aliphatic rings. The molecule has 1 amide bonds. The Bertz CT molecular complexity index is 462. The number of ether oxygens (including phenoxy) is 1. The van der Waals surface area contributed by atoms with Gasteiger partial charge >= 0.3 is 0 Å². The van der Waals surface area contributed by atoms with Crippen molar-refractivity contribution in [2.24, 2.45) is 5.92 Å². The Morgan fingerprint density at radius 1 is 1.38 bits per heavy atom. The van der Waals surface area contributed by atoms with E-state index in [4.69, 9.17) is 4.74 Å². The second-order valence-corrected chi connectivity index (χ2v) is 5.58. The zero-order valence-corrected chi connectivity index (χ0v) is 13.0. The molecule has 0 saturated carbocycles. The second kappa shape index (κ2) is 8.15. The van der Waals surface area contributed by atoms with E-state index >= 15 is 0 Å². The maximum absolute atomic E-state index is 12.3. The molecule has 0 aliphatic carbocycles. The van der Waals surface area contributed by atoms with E-state index in [1.807, 2.05) is 18.2 Å². The van der Waals surface area contributed by atoms with Gasteiger partial charge in [0.05, 0.1) is 12.0 Å². The van der Waals surface area contributed by atoms with Crippen LogP contribution in [0.2, 0.25) is 0 Å². The number of benzene rings is 1. The molecule has 1 aliphatic heterocycles. The first kappa shape index (κ1) is 16.0. The predicted octanol–water partition coefficient (Wildman–Crippen LogP) is 2.94. The van der Waals surface area contributed by atoms with Crippen molar-refractivity contribution >= 4 is 11.6 Å². The summed E-state index contributed by atoms with van der Waals surface area (Å²) in [6.07, 6.45) is 2.90. The molecule has 4 heteroatoms. The van der Waals surface area contributed by atoms with Crippen molar-refractivity contribution in [2.75, 3.05) is 18.5 Å². The summed E-state index contributed by atoms with van der Waals surface area (Å²) in [5.41, 5.74) is 2.06. The van der Waals surface area contributed by atoms with E-state index in [1.165, 1.54) is 5.56 Å². The fourth-order valence-electron chi connectivity index (χ4n) is 2.75. The topological polar surface area (TPSA) is 50.4 Å². The van der Waals surface area contributed by atoms with Crippen molar-refractivity contribution < 1.29 is 9.53 Å². The number of hydrogen-bond acceptors (Lipinski definition) is 3. The molecule has 2 N–H and O–H groups in total. The number of rotatable bonds is 7. The Labute approximate surface area is 127 Å². The quantitative estimate of drug-likeness (QED) is 0.759. The Morgan fingerprint density at radius 3 is 3.00 bits per heavy atom. The van der Waals surface area contributed by atoms with Crippen LogP contribution < -0.4 is 10.6 Å². The summed E-state index contributed by atoms with van der Waals surface area (Å²) in [7, 11) is 0. The second-order valence-electron chi connectivity index (χ2n) is 5.58. The van der Waals surface area contributed by atoms with Gasteiger partial charge in [-0.25, -0.2) is 0 Å². The molecule has 116 valence electrons. The molecule has 1 heterocycles. The van der Waals surface area contributed by atoms with E-state index in [9.17, 15) is 4.79 Å². The molecule has 2 rings (SSSR count). The highest BCUT2D eigenvalue weighted by molar-refractivity contribution is 5.93. The monoisotopic (exact) mass is 290 g/mol. The Balaban J connectivity index is 1.92. The molecule has 4 nitrogen and oxygen atoms in total. The smallest absolute Gasteiger partial charge is 0.230 e. The van der Waals surface area contributed by atoms with Gasteiger partial charge in [0.1, 0.15) is 0 Å². The maximum Gasteiger partial charge on any atom is 0.230 e. The SMILES string of the molecule is CCCNCc1cccc(NC(=O)C2CCOC2CC)c1. The molecule has 1 aromatic carbocycles. The Hall–Kier alpha value is -1.39. The molecule has 1 fully saturated rings. The van der Waals surface area contributed by atoms with Gasteiger partial charge in [-0.3, -0.25) is 4.79 Å². The first-order chi connectivity index (χ1) is 10.2. The third kappa shape index (κ3) is 4.55. The van der Waals surface area contributed by atoms with Crippen LogP contribution in [0.25, 0.3) is 0 Å². The van der Waals surface area contributed by atoms with Crippen molar-refractivity contribution in [3.05, 3.63) is 29.8 Å². The molecule has 1 aromatic rings. The fraction of sp³-hybridized carbons (Fsp3) is 0.588. The summed E-state index contributed by atoms with van der Waals surface area (Å²) in [4.78, 5) is 12.3. The molecule has 0 aromatic heterocycles. The zero-order valence-electron chi connectivity index (χ0n) is 13.0. The first-order valence-electron chi connectivity index (χ1n) is 7.96. The van der Waals surface area contributed by atoms with Gasteiger partial charge < -0.3 is 15.4 Å². The molecular weight excluding hydrogens is 264 g/mol. The third-order valence-electron chi connectivity index (χ3n) is 3.90. The van der Waals surface area contributed by atoms with Gasteiger partial charge in [0.2, 0.25) is 5.91 Å². The Kier molecular flexibility index (Phi) is 6.21. The van der Waals surface area contributed by atoms with Crippen LogP contribution in [-0.4, -0.2) is 25.2 Å². The molecular formula is C17H26N2O2. The van der Waals surface area contributed by atoms with Crippen molar-refractivity contribution in [1.82, 2.24) is 5.32 Å². The van der Waals surface area contributed by atoms with Gasteiger partial charge in [-0.2, -0.15) is 0 Å². The van der Waals surface area contributed by atoms with Crippen molar-refractivity contribution in [2.45, 2.75) is 45.8 Å². The van der Waals surface area contributed by atoms with Gasteiger partial charge in [-0.05, 0) is 43.5 Å². The number of nitrogens with one attached hydrogen (secondary N) is 2. The van der Waals surface area contributed by atoms with Crippen LogP contribution in [0, 0.1) is 5.92 Å². The molecule has 2 unspecified atom stereocenters. The van der Waals surface area contributed by atoms with Gasteiger partial charge in [0.15, 0.2) is 0 Å². The van der Waals surface area contributed by atoms with E-state index in [0.29, 0.717) is 6.61 Å². The fourth-order valence-corrected chi connectivity index (χ4v) is 2.75. The van der Waals surface area contributed by atoms with E-state index in [-0.39, 0.29) is 17.9 Å². The van der Waals surface area contributed by atoms with Gasteiger partial charge in [0, 0.05) is 18.8 Å². The molecule has 0 bridgehead atoms. The minimum Gasteiger partial charge on any atom is -0.377 e. The molecule has 0 radical (unpaired) electrons. The minimum absolute atomic E-state index is 0.0168. The zero-order chi connectivity index (χ0) is 15.1. The minimum atomic E-state index is -0.0168. The summed E-state index contributed by atoms with van der Waals surface area (Å²) in [6.45, 7) is 6.75. The lowest BCUT2D eigenvalue weighted by Gasteiger charge is -2.16. The van der Waals surface area contributed by atoms with Crippen molar-refractivity contribution in [3.63, 3.8) is 0 Å². The average molecular weight is 290 g/mol. The lowest BCUT2D eigenvalue weighted by molar-refractivity contribution is -0.121. The lowest BCUT2D eigenvalue weighted by Crippen LogP contribution is -2.29. The van der Waals surface area contributed by atoms with Crippen LogP contribution in [0.4, 0.5) is 5.69 Å². The van der Waals surface area contributed by atoms with Gasteiger partial charge in [-0.15, -0.1) is 0 Å². The van der Waals surface area contributed by atoms with Crippen LogP contribution in [0.3, 0.4) is 0 Å². The maximum atomic E-state index is 12.3. The van der Waals surface area contributed by atoms with E-state index in [2.05, 4.69) is 30.5 Å². The number of carbonyl (C=O) groups is 1. The van der Waals surface area contributed by atoms with Crippen LogP contribution in [-0.2, 0) is 16.1 Å². The number of hydrogen-bond donors (Lipinski definition) is 2. The largest absolute Gasteiger partial charge is 0.377 e. The summed E-state index contributed by atoms with van der Waals surface area (Å²) >= 11 is 0. The van der Waals surface area contributed by atoms with Crippen molar-refractivity contribution in [1.29, 1.82) is 0 Å². The lowest BCUT2D eigenvalue weighted by atomic mass is 9.98. The average Bonchev–Trinajstić information content (AvgIpc) is 2.96. The Morgan fingerprint density at radius 2 is 2.24 bits per heavy atom. The van der Waals surface area contributed by atoms with E-state index in [0.717, 1.165) is 38.0 Å². The predicted molar refractivity (Wildman–Crippen MR) is 85.2 cm³/mol. The van der Waals surface area contributed by atoms with E-state index < -0.39 is 0 Å². The van der Waals surface area contributed by atoms with Crippen LogP contribution >= 0.6 is 0 Å². The van der Waals surface area contributed by atoms with Gasteiger partial charge in [0.25, 0.3) is 0 Å². The molecule has 21 heavy (non-hydrogen) atoms. The third-order valence-corrected chi connectivity index (χ3v) is 3.90. The highest BCUT2D eigenvalue weighted by Gasteiger charge is 2.32. The van der Waals surface area contributed by atoms with Crippen molar-refractivity contribution in [3.8, 4) is 0 Å². The number of carbonyl (C=O) groups excluding carboxylic acids is 1. The normalized spacial score (nSPS) is 21.4. The highest BCUT2D eigenvalue weighted by atomic mass is 16.5. The summed E-state index contributed by atoms with van der Waals surface area (Å²) in [5, 5.41) is 6.40. The van der Waals surface area contributed by atoms with Gasteiger partial charge in [-0.1, -0.05) is 26.0 Å². The summed E-state index contributed by atoms with van der Waals surface area (Å²) in [5.74, 6) is 0.0647. The summed E-state index contributed by atoms with van der Waals surface area (Å²) in [6, 6.07) is 8.04. The van der Waals surface area contributed by atoms with E-state index in [1.54, 1.807) is 0 Å². The number of anilines is 1. The summed E-state index contributed by atoms with van der Waals surface area (Å²) < 4.78 is 5.59. The van der Waals surface area contributed by atoms with Crippen LogP contribution in [0.5, 0.6) is 0 Å². The number of amides is 1.